The molecule has 2 nitrogen and oxygen atoms in total. The Morgan fingerprint density at radius 2 is 1.14 bits per heavy atom. The van der Waals surface area contributed by atoms with E-state index >= 15 is 0 Å². The van der Waals surface area contributed by atoms with Crippen LogP contribution in [0.15, 0.2) is 134 Å². The van der Waals surface area contributed by atoms with E-state index in [2.05, 4.69) is 146 Å². The summed E-state index contributed by atoms with van der Waals surface area (Å²) in [6.45, 7) is 5.03. The molecule has 0 N–H and O–H groups in total. The molecule has 242 valence electrons. The number of benzene rings is 7. The van der Waals surface area contributed by atoms with Gasteiger partial charge in [-0.1, -0.05) is 117 Å². The summed E-state index contributed by atoms with van der Waals surface area (Å²) in [7, 11) is 0. The molecule has 1 fully saturated rings. The number of hydrogen-bond acceptors (Lipinski definition) is 2. The molecule has 1 aliphatic carbocycles. The minimum atomic E-state index is -0.0592. The van der Waals surface area contributed by atoms with Crippen LogP contribution in [0.4, 0.5) is 11.5 Å². The molecule has 1 unspecified atom stereocenters. The maximum Gasteiger partial charge on any atom is 0.141 e. The molecule has 12 rings (SSSR count). The van der Waals surface area contributed by atoms with E-state index in [1.165, 1.54) is 117 Å². The molecule has 2 atom stereocenters. The average molecular weight is 653 g/mol. The topological polar surface area (TPSA) is 16.1 Å². The van der Waals surface area contributed by atoms with Gasteiger partial charge in [0.2, 0.25) is 0 Å². The summed E-state index contributed by atoms with van der Waals surface area (Å²) in [5.74, 6) is 1.09. The van der Waals surface area contributed by atoms with Crippen LogP contribution in [0.1, 0.15) is 45.1 Å². The first-order valence-corrected chi connectivity index (χ1v) is 18.6. The molecule has 1 aliphatic heterocycles. The molecule has 0 amide bonds. The van der Waals surface area contributed by atoms with Crippen LogP contribution in [-0.4, -0.2) is 10.5 Å². The highest BCUT2D eigenvalue weighted by Gasteiger charge is 2.58. The molecule has 51 heavy (non-hydrogen) atoms. The first kappa shape index (κ1) is 28.0. The fraction of sp³-hybridized carbons (Fsp3) is 0.163. The molecule has 0 spiro atoms. The van der Waals surface area contributed by atoms with Crippen molar-refractivity contribution in [3.8, 4) is 11.1 Å². The fourth-order valence-electron chi connectivity index (χ4n) is 10.9. The first-order valence-electron chi connectivity index (χ1n) is 18.6. The van der Waals surface area contributed by atoms with E-state index < -0.39 is 0 Å². The molecule has 2 heteroatoms. The maximum absolute atomic E-state index is 5.09. The number of rotatable bonds is 2. The minimum Gasteiger partial charge on any atom is -0.319 e. The summed E-state index contributed by atoms with van der Waals surface area (Å²) in [6, 6.07) is 48.4. The number of anilines is 2. The van der Waals surface area contributed by atoms with Gasteiger partial charge in [-0.15, -0.1) is 0 Å². The molecule has 9 aromatic carbocycles. The smallest absolute Gasteiger partial charge is 0.141 e. The predicted molar refractivity (Wildman–Crippen MR) is 217 cm³/mol. The second-order valence-electron chi connectivity index (χ2n) is 15.8. The molecule has 0 saturated heterocycles. The summed E-state index contributed by atoms with van der Waals surface area (Å²) in [5.41, 5.74) is 5.36. The Kier molecular flexibility index (Phi) is 5.23. The molecule has 10 aromatic rings. The van der Waals surface area contributed by atoms with Crippen molar-refractivity contribution in [1.82, 2.24) is 4.98 Å². The van der Waals surface area contributed by atoms with E-state index in [-0.39, 0.29) is 11.0 Å². The van der Waals surface area contributed by atoms with E-state index in [1.807, 2.05) is 6.20 Å². The predicted octanol–water partition coefficient (Wildman–Crippen LogP) is 13.4. The summed E-state index contributed by atoms with van der Waals surface area (Å²) >= 11 is 0. The number of aromatic nitrogens is 1. The van der Waals surface area contributed by atoms with Gasteiger partial charge in [0.15, 0.2) is 0 Å². The lowest BCUT2D eigenvalue weighted by Gasteiger charge is -2.50. The molecule has 1 aromatic heterocycles. The zero-order chi connectivity index (χ0) is 33.6. The lowest BCUT2D eigenvalue weighted by molar-refractivity contribution is 0.194. The molecule has 1 saturated carbocycles. The number of nitrogens with zero attached hydrogens (tertiary/aromatic N) is 2. The summed E-state index contributed by atoms with van der Waals surface area (Å²) in [5, 5.41) is 18.8. The van der Waals surface area contributed by atoms with Gasteiger partial charge in [0.05, 0.1) is 5.54 Å². The van der Waals surface area contributed by atoms with Gasteiger partial charge in [-0.2, -0.15) is 0 Å². The molecular weight excluding hydrogens is 617 g/mol. The van der Waals surface area contributed by atoms with Crippen molar-refractivity contribution >= 4 is 86.9 Å². The Hall–Kier alpha value is -5.73. The zero-order valence-electron chi connectivity index (χ0n) is 28.9. The Morgan fingerprint density at radius 1 is 0.510 bits per heavy atom. The second-order valence-corrected chi connectivity index (χ2v) is 15.8. The summed E-state index contributed by atoms with van der Waals surface area (Å²) in [4.78, 5) is 7.72. The number of pyridine rings is 1. The van der Waals surface area contributed by atoms with Crippen molar-refractivity contribution in [3.05, 3.63) is 139 Å². The third-order valence-electron chi connectivity index (χ3n) is 13.5. The minimum absolute atomic E-state index is 0.0139. The van der Waals surface area contributed by atoms with Crippen molar-refractivity contribution in [1.29, 1.82) is 0 Å². The van der Waals surface area contributed by atoms with Crippen molar-refractivity contribution in [2.24, 2.45) is 0 Å². The van der Waals surface area contributed by atoms with Gasteiger partial charge in [-0.25, -0.2) is 4.98 Å². The first-order chi connectivity index (χ1) is 25.0. The van der Waals surface area contributed by atoms with Crippen molar-refractivity contribution < 1.29 is 0 Å². The Morgan fingerprint density at radius 3 is 1.92 bits per heavy atom. The average Bonchev–Trinajstić information content (AvgIpc) is 3.73. The monoisotopic (exact) mass is 652 g/mol. The number of hydrogen-bond donors (Lipinski definition) is 0. The van der Waals surface area contributed by atoms with Gasteiger partial charge in [-0.05, 0) is 137 Å². The normalized spacial score (nSPS) is 20.5. The van der Waals surface area contributed by atoms with Crippen LogP contribution in [0.5, 0.6) is 0 Å². The summed E-state index contributed by atoms with van der Waals surface area (Å²) < 4.78 is 0. The fourth-order valence-corrected chi connectivity index (χ4v) is 10.9. The van der Waals surface area contributed by atoms with Crippen LogP contribution in [0, 0.1) is 0 Å². The van der Waals surface area contributed by atoms with E-state index in [4.69, 9.17) is 4.98 Å². The lowest BCUT2D eigenvalue weighted by Crippen LogP contribution is -2.54. The quantitative estimate of drug-likeness (QED) is 0.185. The third kappa shape index (κ3) is 3.37. The molecule has 2 heterocycles. The summed E-state index contributed by atoms with van der Waals surface area (Å²) in [6.07, 6.45) is 6.83. The largest absolute Gasteiger partial charge is 0.319 e. The van der Waals surface area contributed by atoms with Gasteiger partial charge in [0.25, 0.3) is 0 Å². The van der Waals surface area contributed by atoms with Crippen LogP contribution >= 0.6 is 0 Å². The molecule has 2 aliphatic rings. The van der Waals surface area contributed by atoms with Crippen LogP contribution in [0.2, 0.25) is 0 Å². The second kappa shape index (κ2) is 9.53. The Balaban J connectivity index is 1.09. The highest BCUT2D eigenvalue weighted by molar-refractivity contribution is 6.38. The van der Waals surface area contributed by atoms with Crippen molar-refractivity contribution in [2.75, 3.05) is 4.90 Å². The Labute approximate surface area is 296 Å². The Bertz CT molecular complexity index is 2990. The highest BCUT2D eigenvalue weighted by Crippen LogP contribution is 2.61. The zero-order valence-corrected chi connectivity index (χ0v) is 28.9. The molecule has 0 radical (unpaired) electrons. The van der Waals surface area contributed by atoms with Crippen LogP contribution in [-0.2, 0) is 5.41 Å². The lowest BCUT2D eigenvalue weighted by atomic mass is 9.61. The van der Waals surface area contributed by atoms with Crippen LogP contribution < -0.4 is 4.90 Å². The van der Waals surface area contributed by atoms with E-state index in [1.54, 1.807) is 0 Å². The van der Waals surface area contributed by atoms with Gasteiger partial charge < -0.3 is 4.90 Å². The molecule has 0 bridgehead atoms. The van der Waals surface area contributed by atoms with Crippen molar-refractivity contribution in [3.63, 3.8) is 0 Å². The van der Waals surface area contributed by atoms with Crippen LogP contribution in [0.25, 0.3) is 86.5 Å². The van der Waals surface area contributed by atoms with Crippen LogP contribution in [0.3, 0.4) is 0 Å². The van der Waals surface area contributed by atoms with Gasteiger partial charge in [0, 0.05) is 22.7 Å². The van der Waals surface area contributed by atoms with E-state index in [0.717, 1.165) is 12.2 Å². The SMILES string of the molecule is CC12CCCC[C@@]1(C)N(c1nccc3ccccc13)c1ccc(-c3ccc4c5cc6c(cc5c5cccc3c54)c3cccc4cccc6c43)cc12. The van der Waals surface area contributed by atoms with Gasteiger partial charge in [-0.3, -0.25) is 0 Å². The van der Waals surface area contributed by atoms with E-state index in [0.29, 0.717) is 0 Å². The third-order valence-corrected chi connectivity index (χ3v) is 13.5. The molecular formula is C49H36N2. The van der Waals surface area contributed by atoms with Gasteiger partial charge in [0.1, 0.15) is 5.82 Å². The van der Waals surface area contributed by atoms with E-state index in [9.17, 15) is 0 Å². The van der Waals surface area contributed by atoms with Gasteiger partial charge >= 0.3 is 0 Å². The van der Waals surface area contributed by atoms with Crippen molar-refractivity contribution in [2.45, 2.75) is 50.5 Å². The highest BCUT2D eigenvalue weighted by atomic mass is 15.3. The maximum atomic E-state index is 5.09. The number of fused-ring (bicyclic) bond motifs is 10. The standard InChI is InChI=1S/C49H36N2/c1-48-23-5-6-24-49(48,2)51(47-33-13-4-3-10-29(33)22-25-50-47)44-21-18-31(26-43(44)48)32-19-20-38-42-28-40-36-15-8-12-30-11-7-14-35(45(30)36)39(40)27-41(42)37-17-9-16-34(32)46(37)38/h3-4,7-22,25-28H,5-6,23-24H2,1-2H3/t48?,49-/m1/s1.